The fourth-order valence-corrected chi connectivity index (χ4v) is 2.90. The Bertz CT molecular complexity index is 1000. The van der Waals surface area contributed by atoms with E-state index in [1.165, 1.54) is 0 Å². The van der Waals surface area contributed by atoms with Crippen molar-refractivity contribution in [2.24, 2.45) is 0 Å². The molecule has 0 spiro atoms. The molecule has 1 aromatic heterocycles. The number of carboxylic acids is 1. The number of aromatic carboxylic acids is 1. The number of aryl methyl sites for hydroxylation is 1. The molecule has 2 aromatic carbocycles. The van der Waals surface area contributed by atoms with Gasteiger partial charge in [0.15, 0.2) is 11.6 Å². The highest BCUT2D eigenvalue weighted by atomic mass is 16.5. The van der Waals surface area contributed by atoms with Gasteiger partial charge in [-0.1, -0.05) is 31.2 Å². The summed E-state index contributed by atoms with van der Waals surface area (Å²) in [4.78, 5) is 19.0. The summed E-state index contributed by atoms with van der Waals surface area (Å²) in [7, 11) is 0. The van der Waals surface area contributed by atoms with Crippen LogP contribution in [0.1, 0.15) is 29.4 Å². The van der Waals surface area contributed by atoms with E-state index in [9.17, 15) is 4.79 Å². The van der Waals surface area contributed by atoms with Gasteiger partial charge < -0.3 is 26.0 Å². The Morgan fingerprint density at radius 3 is 2.13 bits per heavy atom. The molecule has 156 valence electrons. The number of benzene rings is 2. The molecule has 8 nitrogen and oxygen atoms in total. The molecule has 0 unspecified atom stereocenters. The van der Waals surface area contributed by atoms with Crippen molar-refractivity contribution in [2.75, 3.05) is 24.7 Å². The van der Waals surface area contributed by atoms with Crippen LogP contribution < -0.4 is 20.9 Å². The van der Waals surface area contributed by atoms with E-state index >= 15 is 0 Å². The Labute approximate surface area is 174 Å². The standard InChI is InChI=1S/C22H24N4O4/c1-2-18-19(20(23)26-22(24)25-18)30-13-3-12-29-17-10-8-15(9-11-17)14-4-6-16(7-5-14)21(27)28/h4-11H,2-3,12-13H2,1H3,(H,27,28)(H4,23,24,25,26). The first kappa shape index (κ1) is 20.9. The first-order valence-electron chi connectivity index (χ1n) is 9.59. The van der Waals surface area contributed by atoms with Crippen molar-refractivity contribution in [3.63, 3.8) is 0 Å². The third-order valence-electron chi connectivity index (χ3n) is 4.44. The summed E-state index contributed by atoms with van der Waals surface area (Å²) >= 11 is 0. The van der Waals surface area contributed by atoms with Gasteiger partial charge in [-0.2, -0.15) is 4.98 Å². The molecule has 0 radical (unpaired) electrons. The molecule has 30 heavy (non-hydrogen) atoms. The minimum Gasteiger partial charge on any atom is -0.493 e. The van der Waals surface area contributed by atoms with Crippen molar-refractivity contribution >= 4 is 17.7 Å². The second-order valence-corrected chi connectivity index (χ2v) is 6.55. The van der Waals surface area contributed by atoms with Crippen LogP contribution in [0.2, 0.25) is 0 Å². The van der Waals surface area contributed by atoms with Crippen molar-refractivity contribution in [1.82, 2.24) is 9.97 Å². The lowest BCUT2D eigenvalue weighted by atomic mass is 10.0. The molecule has 0 bridgehead atoms. The van der Waals surface area contributed by atoms with Gasteiger partial charge in [-0.15, -0.1) is 0 Å². The molecule has 0 aliphatic heterocycles. The van der Waals surface area contributed by atoms with E-state index in [1.54, 1.807) is 24.3 Å². The molecule has 8 heteroatoms. The molecular weight excluding hydrogens is 384 g/mol. The van der Waals surface area contributed by atoms with Gasteiger partial charge in [-0.05, 0) is 41.8 Å². The molecule has 0 aliphatic carbocycles. The Morgan fingerprint density at radius 1 is 0.933 bits per heavy atom. The SMILES string of the molecule is CCc1nc(N)nc(N)c1OCCCOc1ccc(-c2ccc(C(=O)O)cc2)cc1. The number of rotatable bonds is 9. The predicted molar refractivity (Wildman–Crippen MR) is 115 cm³/mol. The summed E-state index contributed by atoms with van der Waals surface area (Å²) in [6.45, 7) is 2.84. The Hall–Kier alpha value is -3.81. The van der Waals surface area contributed by atoms with E-state index in [0.29, 0.717) is 37.5 Å². The van der Waals surface area contributed by atoms with E-state index in [4.69, 9.17) is 26.0 Å². The third-order valence-corrected chi connectivity index (χ3v) is 4.44. The maximum atomic E-state index is 10.9. The lowest BCUT2D eigenvalue weighted by Crippen LogP contribution is -2.11. The van der Waals surface area contributed by atoms with Crippen LogP contribution in [0.5, 0.6) is 11.5 Å². The van der Waals surface area contributed by atoms with Gasteiger partial charge >= 0.3 is 5.97 Å². The normalized spacial score (nSPS) is 10.6. The first-order valence-corrected chi connectivity index (χ1v) is 9.59. The predicted octanol–water partition coefficient (Wildman–Crippen LogP) is 3.42. The molecule has 0 atom stereocenters. The van der Waals surface area contributed by atoms with Crippen LogP contribution in [0.3, 0.4) is 0 Å². The molecule has 0 fully saturated rings. The van der Waals surface area contributed by atoms with Gasteiger partial charge in [0.05, 0.1) is 24.5 Å². The summed E-state index contributed by atoms with van der Waals surface area (Å²) in [6, 6.07) is 14.4. The zero-order valence-electron chi connectivity index (χ0n) is 16.7. The molecule has 0 aliphatic rings. The lowest BCUT2D eigenvalue weighted by molar-refractivity contribution is 0.0697. The molecule has 3 aromatic rings. The first-order chi connectivity index (χ1) is 14.5. The van der Waals surface area contributed by atoms with Gasteiger partial charge in [0.2, 0.25) is 5.95 Å². The maximum absolute atomic E-state index is 10.9. The molecule has 0 amide bonds. The van der Waals surface area contributed by atoms with Crippen molar-refractivity contribution < 1.29 is 19.4 Å². The fraction of sp³-hybridized carbons (Fsp3) is 0.227. The summed E-state index contributed by atoms with van der Waals surface area (Å²) < 4.78 is 11.5. The van der Waals surface area contributed by atoms with Crippen LogP contribution in [-0.4, -0.2) is 34.3 Å². The van der Waals surface area contributed by atoms with Crippen LogP contribution in [0.25, 0.3) is 11.1 Å². The topological polar surface area (TPSA) is 134 Å². The third kappa shape index (κ3) is 5.16. The van der Waals surface area contributed by atoms with Crippen LogP contribution in [-0.2, 0) is 6.42 Å². The maximum Gasteiger partial charge on any atom is 0.335 e. The van der Waals surface area contributed by atoms with Gasteiger partial charge in [0, 0.05) is 6.42 Å². The smallest absolute Gasteiger partial charge is 0.335 e. The minimum absolute atomic E-state index is 0.140. The number of carboxylic acid groups (broad SMARTS) is 1. The highest BCUT2D eigenvalue weighted by Gasteiger charge is 2.11. The number of hydrogen-bond acceptors (Lipinski definition) is 7. The molecule has 0 saturated carbocycles. The largest absolute Gasteiger partial charge is 0.493 e. The zero-order valence-corrected chi connectivity index (χ0v) is 16.7. The number of ether oxygens (including phenoxy) is 2. The van der Waals surface area contributed by atoms with E-state index in [-0.39, 0.29) is 17.3 Å². The number of aromatic nitrogens is 2. The number of nitrogens with zero attached hydrogens (tertiary/aromatic N) is 2. The van der Waals surface area contributed by atoms with Crippen molar-refractivity contribution in [3.8, 4) is 22.6 Å². The molecule has 5 N–H and O–H groups in total. The summed E-state index contributed by atoms with van der Waals surface area (Å²) in [6.07, 6.45) is 1.31. The number of carbonyl (C=O) groups is 1. The van der Waals surface area contributed by atoms with Crippen LogP contribution in [0.4, 0.5) is 11.8 Å². The quantitative estimate of drug-likeness (QED) is 0.459. The second-order valence-electron chi connectivity index (χ2n) is 6.55. The Morgan fingerprint density at radius 2 is 1.53 bits per heavy atom. The van der Waals surface area contributed by atoms with Gasteiger partial charge in [-0.3, -0.25) is 0 Å². The van der Waals surface area contributed by atoms with Crippen molar-refractivity contribution in [2.45, 2.75) is 19.8 Å². The van der Waals surface area contributed by atoms with E-state index in [1.807, 2.05) is 31.2 Å². The average molecular weight is 408 g/mol. The lowest BCUT2D eigenvalue weighted by Gasteiger charge is -2.12. The Kier molecular flexibility index (Phi) is 6.69. The highest BCUT2D eigenvalue weighted by Crippen LogP contribution is 2.25. The van der Waals surface area contributed by atoms with Gasteiger partial charge in [-0.25, -0.2) is 9.78 Å². The average Bonchev–Trinajstić information content (AvgIpc) is 2.75. The van der Waals surface area contributed by atoms with Gasteiger partial charge in [0.1, 0.15) is 5.75 Å². The molecule has 3 rings (SSSR count). The van der Waals surface area contributed by atoms with Crippen LogP contribution in [0, 0.1) is 0 Å². The number of hydrogen-bond donors (Lipinski definition) is 3. The van der Waals surface area contributed by atoms with Gasteiger partial charge in [0.25, 0.3) is 0 Å². The number of anilines is 2. The van der Waals surface area contributed by atoms with Crippen molar-refractivity contribution in [1.29, 1.82) is 0 Å². The number of nitrogens with two attached hydrogens (primary N) is 2. The summed E-state index contributed by atoms with van der Waals surface area (Å²) in [5, 5.41) is 8.98. The molecule has 1 heterocycles. The van der Waals surface area contributed by atoms with Crippen molar-refractivity contribution in [3.05, 3.63) is 59.8 Å². The van der Waals surface area contributed by atoms with Crippen LogP contribution in [0.15, 0.2) is 48.5 Å². The Balaban J connectivity index is 1.49. The monoisotopic (exact) mass is 408 g/mol. The summed E-state index contributed by atoms with van der Waals surface area (Å²) in [5.41, 5.74) is 14.4. The fourth-order valence-electron chi connectivity index (χ4n) is 2.90. The van der Waals surface area contributed by atoms with E-state index in [0.717, 1.165) is 16.9 Å². The zero-order chi connectivity index (χ0) is 21.5. The summed E-state index contributed by atoms with van der Waals surface area (Å²) in [5.74, 6) is 0.663. The van der Waals surface area contributed by atoms with Crippen LogP contribution >= 0.6 is 0 Å². The second kappa shape index (κ2) is 9.60. The molecule has 0 saturated heterocycles. The number of nitrogen functional groups attached to an aromatic ring is 2. The minimum atomic E-state index is -0.938. The molecular formula is C22H24N4O4. The van der Waals surface area contributed by atoms with E-state index < -0.39 is 5.97 Å². The highest BCUT2D eigenvalue weighted by molar-refractivity contribution is 5.88. The van der Waals surface area contributed by atoms with E-state index in [2.05, 4.69) is 9.97 Å².